The number of hydrogen-bond donors (Lipinski definition) is 2. The molecule has 0 aliphatic carbocycles. The Hall–Kier alpha value is -2.34. The summed E-state index contributed by atoms with van der Waals surface area (Å²) in [6.45, 7) is 5.83. The second-order valence-corrected chi connectivity index (χ2v) is 4.69. The van der Waals surface area contributed by atoms with E-state index >= 15 is 0 Å². The van der Waals surface area contributed by atoms with Crippen molar-refractivity contribution in [3.8, 4) is 5.75 Å². The Kier molecular flexibility index (Phi) is 5.97. The molecule has 0 spiro atoms. The monoisotopic (exact) mass is 302 g/mol. The molecule has 1 heterocycles. The van der Waals surface area contributed by atoms with E-state index in [4.69, 9.17) is 9.47 Å². The van der Waals surface area contributed by atoms with Gasteiger partial charge >= 0.3 is 0 Å². The van der Waals surface area contributed by atoms with Gasteiger partial charge in [0.15, 0.2) is 0 Å². The van der Waals surface area contributed by atoms with Crippen LogP contribution in [0.25, 0.3) is 0 Å². The van der Waals surface area contributed by atoms with Crippen molar-refractivity contribution in [3.05, 3.63) is 36.2 Å². The molecule has 0 radical (unpaired) electrons. The second kappa shape index (κ2) is 8.19. The highest BCUT2D eigenvalue weighted by Gasteiger charge is 2.03. The summed E-state index contributed by atoms with van der Waals surface area (Å²) in [4.78, 5) is 8.74. The van der Waals surface area contributed by atoms with Gasteiger partial charge < -0.3 is 20.1 Å². The number of anilines is 3. The summed E-state index contributed by atoms with van der Waals surface area (Å²) in [5, 5.41) is 6.47. The predicted molar refractivity (Wildman–Crippen MR) is 88.0 cm³/mol. The van der Waals surface area contributed by atoms with Gasteiger partial charge in [-0.3, -0.25) is 0 Å². The number of aromatic nitrogens is 2. The van der Waals surface area contributed by atoms with E-state index in [-0.39, 0.29) is 0 Å². The van der Waals surface area contributed by atoms with Crippen LogP contribution >= 0.6 is 0 Å². The van der Waals surface area contributed by atoms with Crippen LogP contribution < -0.4 is 15.4 Å². The smallest absolute Gasteiger partial charge is 0.136 e. The molecule has 0 aliphatic rings. The first-order chi connectivity index (χ1) is 10.7. The van der Waals surface area contributed by atoms with Crippen LogP contribution in [-0.2, 0) is 4.74 Å². The fourth-order valence-electron chi connectivity index (χ4n) is 1.95. The highest BCUT2D eigenvalue weighted by Crippen LogP contribution is 2.20. The summed E-state index contributed by atoms with van der Waals surface area (Å²) in [5.41, 5.74) is 0.949. The molecule has 0 saturated carbocycles. The molecule has 2 aromatic rings. The highest BCUT2D eigenvalue weighted by atomic mass is 16.5. The van der Waals surface area contributed by atoms with E-state index in [1.165, 1.54) is 0 Å². The Morgan fingerprint density at radius 2 is 1.82 bits per heavy atom. The summed E-state index contributed by atoms with van der Waals surface area (Å²) in [5.74, 6) is 3.08. The first-order valence-corrected chi connectivity index (χ1v) is 7.29. The lowest BCUT2D eigenvalue weighted by molar-refractivity contribution is 0.210. The molecule has 0 atom stereocenters. The van der Waals surface area contributed by atoms with Crippen molar-refractivity contribution in [1.29, 1.82) is 0 Å². The zero-order valence-electron chi connectivity index (χ0n) is 13.2. The number of hydrogen-bond acceptors (Lipinski definition) is 6. The number of nitrogens with one attached hydrogen (secondary N) is 2. The summed E-state index contributed by atoms with van der Waals surface area (Å²) in [6, 6.07) is 9.65. The van der Waals surface area contributed by atoms with Gasteiger partial charge in [-0.2, -0.15) is 0 Å². The normalized spacial score (nSPS) is 10.3. The molecule has 0 fully saturated rings. The van der Waals surface area contributed by atoms with Crippen LogP contribution in [0.5, 0.6) is 5.75 Å². The quantitative estimate of drug-likeness (QED) is 0.731. The zero-order chi connectivity index (χ0) is 15.8. The Balaban J connectivity index is 2.04. The molecule has 0 amide bonds. The van der Waals surface area contributed by atoms with Gasteiger partial charge in [-0.15, -0.1) is 0 Å². The molecule has 0 aliphatic heterocycles. The van der Waals surface area contributed by atoms with Crippen molar-refractivity contribution in [2.45, 2.75) is 13.8 Å². The van der Waals surface area contributed by atoms with E-state index in [1.54, 1.807) is 7.11 Å². The van der Waals surface area contributed by atoms with Crippen molar-refractivity contribution in [2.75, 3.05) is 37.5 Å². The molecule has 22 heavy (non-hydrogen) atoms. The molecule has 2 N–H and O–H groups in total. The maximum Gasteiger partial charge on any atom is 0.136 e. The third-order valence-electron chi connectivity index (χ3n) is 2.89. The van der Waals surface area contributed by atoms with E-state index < -0.39 is 0 Å². The van der Waals surface area contributed by atoms with Crippen LogP contribution in [0, 0.1) is 6.92 Å². The van der Waals surface area contributed by atoms with Gasteiger partial charge in [0.1, 0.15) is 23.2 Å². The Morgan fingerprint density at radius 3 is 2.50 bits per heavy atom. The number of ether oxygens (including phenoxy) is 2. The molecule has 0 unspecified atom stereocenters. The predicted octanol–water partition coefficient (Wildman–Crippen LogP) is 2.99. The van der Waals surface area contributed by atoms with Gasteiger partial charge in [0, 0.05) is 25.4 Å². The molecule has 1 aromatic carbocycles. The third kappa shape index (κ3) is 4.89. The van der Waals surface area contributed by atoms with Crippen LogP contribution in [0.2, 0.25) is 0 Å². The summed E-state index contributed by atoms with van der Waals surface area (Å²) < 4.78 is 10.4. The lowest BCUT2D eigenvalue weighted by Gasteiger charge is -2.10. The Bertz CT molecular complexity index is 587. The topological polar surface area (TPSA) is 68.3 Å². The van der Waals surface area contributed by atoms with Crippen LogP contribution in [0.15, 0.2) is 30.3 Å². The zero-order valence-corrected chi connectivity index (χ0v) is 13.2. The highest BCUT2D eigenvalue weighted by molar-refractivity contribution is 5.59. The molecular formula is C16H22N4O2. The minimum absolute atomic E-state index is 0.630. The summed E-state index contributed by atoms with van der Waals surface area (Å²) in [6.07, 6.45) is 0. The number of aryl methyl sites for hydroxylation is 1. The molecule has 0 saturated heterocycles. The second-order valence-electron chi connectivity index (χ2n) is 4.69. The molecule has 1 aromatic heterocycles. The van der Waals surface area contributed by atoms with Crippen molar-refractivity contribution in [2.24, 2.45) is 0 Å². The van der Waals surface area contributed by atoms with Gasteiger partial charge in [0.05, 0.1) is 13.2 Å². The summed E-state index contributed by atoms with van der Waals surface area (Å²) in [7, 11) is 1.67. The van der Waals surface area contributed by atoms with E-state index in [2.05, 4.69) is 20.6 Å². The van der Waals surface area contributed by atoms with Crippen molar-refractivity contribution >= 4 is 17.3 Å². The lowest BCUT2D eigenvalue weighted by Crippen LogP contribution is -2.10. The fourth-order valence-corrected chi connectivity index (χ4v) is 1.95. The minimum Gasteiger partial charge on any atom is -0.494 e. The maximum atomic E-state index is 5.43. The molecule has 6 heteroatoms. The van der Waals surface area contributed by atoms with E-state index in [0.29, 0.717) is 25.6 Å². The SMILES string of the molecule is CCOc1ccc(Nc2cc(NCCOC)nc(C)n2)cc1. The van der Waals surface area contributed by atoms with Crippen LogP contribution in [0.3, 0.4) is 0 Å². The van der Waals surface area contributed by atoms with Gasteiger partial charge in [-0.05, 0) is 38.1 Å². The van der Waals surface area contributed by atoms with Crippen molar-refractivity contribution in [1.82, 2.24) is 9.97 Å². The average Bonchev–Trinajstić information content (AvgIpc) is 2.49. The lowest BCUT2D eigenvalue weighted by atomic mass is 10.3. The van der Waals surface area contributed by atoms with Crippen molar-refractivity contribution in [3.63, 3.8) is 0 Å². The van der Waals surface area contributed by atoms with Crippen LogP contribution in [0.1, 0.15) is 12.7 Å². The molecule has 2 rings (SSSR count). The maximum absolute atomic E-state index is 5.43. The Morgan fingerprint density at radius 1 is 1.09 bits per heavy atom. The summed E-state index contributed by atoms with van der Waals surface area (Å²) >= 11 is 0. The van der Waals surface area contributed by atoms with E-state index in [0.717, 1.165) is 23.1 Å². The molecule has 6 nitrogen and oxygen atoms in total. The molecular weight excluding hydrogens is 280 g/mol. The fraction of sp³-hybridized carbons (Fsp3) is 0.375. The van der Waals surface area contributed by atoms with E-state index in [1.807, 2.05) is 44.2 Å². The van der Waals surface area contributed by atoms with Gasteiger partial charge in [0.25, 0.3) is 0 Å². The van der Waals surface area contributed by atoms with Crippen LogP contribution in [-0.4, -0.2) is 36.8 Å². The number of benzene rings is 1. The first-order valence-electron chi connectivity index (χ1n) is 7.29. The van der Waals surface area contributed by atoms with Crippen LogP contribution in [0.4, 0.5) is 17.3 Å². The van der Waals surface area contributed by atoms with Gasteiger partial charge in [-0.25, -0.2) is 9.97 Å². The number of nitrogens with zero attached hydrogens (tertiary/aromatic N) is 2. The van der Waals surface area contributed by atoms with Gasteiger partial charge in [-0.1, -0.05) is 0 Å². The third-order valence-corrected chi connectivity index (χ3v) is 2.89. The van der Waals surface area contributed by atoms with E-state index in [9.17, 15) is 0 Å². The largest absolute Gasteiger partial charge is 0.494 e. The average molecular weight is 302 g/mol. The minimum atomic E-state index is 0.630. The number of rotatable bonds is 8. The first kappa shape index (κ1) is 16.0. The van der Waals surface area contributed by atoms with Crippen molar-refractivity contribution < 1.29 is 9.47 Å². The molecule has 118 valence electrons. The number of methoxy groups -OCH3 is 1. The Labute approximate surface area is 130 Å². The molecule has 0 bridgehead atoms. The standard InChI is InChI=1S/C16H22N4O2/c1-4-22-14-7-5-13(6-8-14)20-16-11-15(17-9-10-21-3)18-12(2)19-16/h5-8,11H,4,9-10H2,1-3H3,(H2,17,18,19,20). The van der Waals surface area contributed by atoms with Gasteiger partial charge in [0.2, 0.25) is 0 Å².